The monoisotopic (exact) mass is 254 g/mol. The van der Waals surface area contributed by atoms with Crippen LogP contribution < -0.4 is 5.32 Å². The molecule has 2 atom stereocenters. The van der Waals surface area contributed by atoms with Gasteiger partial charge in [0.15, 0.2) is 0 Å². The van der Waals surface area contributed by atoms with E-state index in [1.165, 1.54) is 6.07 Å². The summed E-state index contributed by atoms with van der Waals surface area (Å²) in [6, 6.07) is 4.63. The molecule has 1 rings (SSSR count). The van der Waals surface area contributed by atoms with Crippen molar-refractivity contribution in [1.29, 1.82) is 0 Å². The fourth-order valence-corrected chi connectivity index (χ4v) is 1.45. The highest BCUT2D eigenvalue weighted by Gasteiger charge is 2.20. The Labute approximate surface area is 106 Å². The molecule has 0 aliphatic rings. The first-order valence-electron chi connectivity index (χ1n) is 5.75. The average Bonchev–Trinajstić information content (AvgIpc) is 2.38. The number of esters is 1. The Kier molecular flexibility index (Phi) is 5.70. The highest BCUT2D eigenvalue weighted by atomic mass is 16.5. The largest absolute Gasteiger partial charge is 0.461 e. The van der Waals surface area contributed by atoms with Crippen molar-refractivity contribution in [3.8, 4) is 0 Å². The van der Waals surface area contributed by atoms with Crippen molar-refractivity contribution in [2.24, 2.45) is 0 Å². The number of aliphatic hydroxyl groups excluding tert-OH is 2. The van der Waals surface area contributed by atoms with Gasteiger partial charge in [-0.25, -0.2) is 9.78 Å². The number of likely N-dealkylation sites (N-methyl/N-ethyl adjacent to an activating group) is 1. The molecule has 2 unspecified atom stereocenters. The first-order chi connectivity index (χ1) is 8.60. The van der Waals surface area contributed by atoms with Crippen LogP contribution in [0.1, 0.15) is 29.2 Å². The highest BCUT2D eigenvalue weighted by molar-refractivity contribution is 5.87. The second-order valence-corrected chi connectivity index (χ2v) is 3.74. The Hall–Kier alpha value is -1.50. The predicted molar refractivity (Wildman–Crippen MR) is 65.1 cm³/mol. The quantitative estimate of drug-likeness (QED) is 0.613. The number of rotatable bonds is 6. The molecule has 0 saturated carbocycles. The molecule has 0 bridgehead atoms. The summed E-state index contributed by atoms with van der Waals surface area (Å²) < 4.78 is 4.81. The Morgan fingerprint density at radius 1 is 1.50 bits per heavy atom. The number of aromatic nitrogens is 1. The molecule has 0 aromatic carbocycles. The second-order valence-electron chi connectivity index (χ2n) is 3.74. The summed E-state index contributed by atoms with van der Waals surface area (Å²) in [7, 11) is 1.67. The maximum absolute atomic E-state index is 11.5. The molecule has 100 valence electrons. The van der Waals surface area contributed by atoms with Crippen LogP contribution >= 0.6 is 0 Å². The lowest BCUT2D eigenvalue weighted by atomic mass is 10.1. The molecule has 1 aromatic heterocycles. The van der Waals surface area contributed by atoms with Gasteiger partial charge in [-0.15, -0.1) is 0 Å². The number of nitrogens with one attached hydrogen (secondary N) is 1. The van der Waals surface area contributed by atoms with Crippen molar-refractivity contribution < 1.29 is 19.7 Å². The minimum absolute atomic E-state index is 0.116. The third-order valence-corrected chi connectivity index (χ3v) is 2.34. The molecule has 0 amide bonds. The van der Waals surface area contributed by atoms with Crippen LogP contribution in [0.2, 0.25) is 0 Å². The average molecular weight is 254 g/mol. The van der Waals surface area contributed by atoms with Crippen molar-refractivity contribution in [2.45, 2.75) is 19.1 Å². The van der Waals surface area contributed by atoms with Crippen LogP contribution in [0.5, 0.6) is 0 Å². The van der Waals surface area contributed by atoms with Crippen LogP contribution in [0.25, 0.3) is 0 Å². The van der Waals surface area contributed by atoms with Crippen molar-refractivity contribution in [3.05, 3.63) is 29.6 Å². The number of pyridine rings is 1. The van der Waals surface area contributed by atoms with Gasteiger partial charge in [0, 0.05) is 6.54 Å². The number of ether oxygens (including phenoxy) is 1. The van der Waals surface area contributed by atoms with Crippen LogP contribution in [-0.4, -0.2) is 47.5 Å². The van der Waals surface area contributed by atoms with Gasteiger partial charge >= 0.3 is 5.97 Å². The molecular weight excluding hydrogens is 236 g/mol. The Morgan fingerprint density at radius 3 is 2.83 bits per heavy atom. The van der Waals surface area contributed by atoms with E-state index in [0.29, 0.717) is 0 Å². The summed E-state index contributed by atoms with van der Waals surface area (Å²) >= 11 is 0. The number of carbonyl (C=O) groups is 1. The van der Waals surface area contributed by atoms with Gasteiger partial charge in [-0.3, -0.25) is 0 Å². The Bertz CT molecular complexity index is 397. The SMILES string of the molecule is CCOC(=O)c1cccc(C(O)C(O)CNC)n1. The van der Waals surface area contributed by atoms with Gasteiger partial charge in [0.1, 0.15) is 11.8 Å². The van der Waals surface area contributed by atoms with Crippen molar-refractivity contribution in [2.75, 3.05) is 20.2 Å². The van der Waals surface area contributed by atoms with Crippen LogP contribution in [0.4, 0.5) is 0 Å². The van der Waals surface area contributed by atoms with E-state index in [1.54, 1.807) is 26.1 Å². The zero-order valence-corrected chi connectivity index (χ0v) is 10.5. The predicted octanol–water partition coefficient (Wildman–Crippen LogP) is -0.128. The van der Waals surface area contributed by atoms with E-state index < -0.39 is 18.2 Å². The summed E-state index contributed by atoms with van der Waals surface area (Å²) in [5, 5.41) is 22.2. The molecule has 3 N–H and O–H groups in total. The fourth-order valence-electron chi connectivity index (χ4n) is 1.45. The molecule has 0 fully saturated rings. The van der Waals surface area contributed by atoms with E-state index in [0.717, 1.165) is 0 Å². The van der Waals surface area contributed by atoms with Crippen molar-refractivity contribution in [1.82, 2.24) is 10.3 Å². The normalized spacial score (nSPS) is 14.0. The van der Waals surface area contributed by atoms with Gasteiger partial charge in [-0.2, -0.15) is 0 Å². The highest BCUT2D eigenvalue weighted by Crippen LogP contribution is 2.15. The molecule has 6 nitrogen and oxygen atoms in total. The van der Waals surface area contributed by atoms with Gasteiger partial charge in [0.2, 0.25) is 0 Å². The first-order valence-corrected chi connectivity index (χ1v) is 5.75. The fraction of sp³-hybridized carbons (Fsp3) is 0.500. The molecule has 1 heterocycles. The summed E-state index contributed by atoms with van der Waals surface area (Å²) in [4.78, 5) is 15.5. The van der Waals surface area contributed by atoms with Gasteiger partial charge in [-0.1, -0.05) is 6.07 Å². The second kappa shape index (κ2) is 7.05. The maximum atomic E-state index is 11.5. The lowest BCUT2D eigenvalue weighted by molar-refractivity contribution is 0.0173. The molecule has 6 heteroatoms. The minimum Gasteiger partial charge on any atom is -0.461 e. The van der Waals surface area contributed by atoms with E-state index in [1.807, 2.05) is 0 Å². The number of carbonyl (C=O) groups excluding carboxylic acids is 1. The molecule has 1 aromatic rings. The number of aliphatic hydroxyl groups is 2. The van der Waals surface area contributed by atoms with Crippen LogP contribution in [0.15, 0.2) is 18.2 Å². The van der Waals surface area contributed by atoms with E-state index in [9.17, 15) is 15.0 Å². The summed E-state index contributed by atoms with van der Waals surface area (Å²) in [6.45, 7) is 2.19. The zero-order chi connectivity index (χ0) is 13.5. The zero-order valence-electron chi connectivity index (χ0n) is 10.5. The minimum atomic E-state index is -1.15. The molecule has 0 aliphatic heterocycles. The molecular formula is C12H18N2O4. The van der Waals surface area contributed by atoms with Gasteiger partial charge in [0.05, 0.1) is 18.4 Å². The summed E-state index contributed by atoms with van der Waals surface area (Å²) in [5.41, 5.74) is 0.355. The smallest absolute Gasteiger partial charge is 0.356 e. The van der Waals surface area contributed by atoms with Gasteiger partial charge in [-0.05, 0) is 26.1 Å². The maximum Gasteiger partial charge on any atom is 0.356 e. The van der Waals surface area contributed by atoms with Gasteiger partial charge in [0.25, 0.3) is 0 Å². The van der Waals surface area contributed by atoms with Crippen LogP contribution in [0, 0.1) is 0 Å². The summed E-state index contributed by atoms with van der Waals surface area (Å²) in [6.07, 6.45) is -2.13. The third kappa shape index (κ3) is 3.76. The molecule has 0 spiro atoms. The van der Waals surface area contributed by atoms with E-state index in [2.05, 4.69) is 10.3 Å². The number of nitrogens with zero attached hydrogens (tertiary/aromatic N) is 1. The van der Waals surface area contributed by atoms with Crippen molar-refractivity contribution >= 4 is 5.97 Å². The third-order valence-electron chi connectivity index (χ3n) is 2.34. The molecule has 0 radical (unpaired) electrons. The van der Waals surface area contributed by atoms with Crippen molar-refractivity contribution in [3.63, 3.8) is 0 Å². The summed E-state index contributed by atoms with van der Waals surface area (Å²) in [5.74, 6) is -0.547. The topological polar surface area (TPSA) is 91.7 Å². The molecule has 0 aliphatic carbocycles. The first kappa shape index (κ1) is 14.6. The Morgan fingerprint density at radius 2 is 2.22 bits per heavy atom. The van der Waals surface area contributed by atoms with Crippen LogP contribution in [0.3, 0.4) is 0 Å². The standard InChI is InChI=1S/C12H18N2O4/c1-3-18-12(17)9-6-4-5-8(14-9)11(16)10(15)7-13-2/h4-6,10-11,13,15-16H,3,7H2,1-2H3. The molecule has 18 heavy (non-hydrogen) atoms. The number of hydrogen-bond donors (Lipinski definition) is 3. The van der Waals surface area contributed by atoms with Crippen LogP contribution in [-0.2, 0) is 4.74 Å². The lowest BCUT2D eigenvalue weighted by Crippen LogP contribution is -2.30. The number of hydrogen-bond acceptors (Lipinski definition) is 6. The van der Waals surface area contributed by atoms with E-state index in [4.69, 9.17) is 4.74 Å². The Balaban J connectivity index is 2.84. The van der Waals surface area contributed by atoms with E-state index >= 15 is 0 Å². The lowest BCUT2D eigenvalue weighted by Gasteiger charge is -2.17. The van der Waals surface area contributed by atoms with E-state index in [-0.39, 0.29) is 24.5 Å². The molecule has 0 saturated heterocycles. The van der Waals surface area contributed by atoms with Gasteiger partial charge < -0.3 is 20.3 Å².